The number of halogens is 2. The highest BCUT2D eigenvalue weighted by atomic mass is 19.3. The molecule has 1 aliphatic heterocycles. The van der Waals surface area contributed by atoms with E-state index in [4.69, 9.17) is 8.94 Å². The summed E-state index contributed by atoms with van der Waals surface area (Å²) >= 11 is 0. The molecule has 0 N–H and O–H groups in total. The van der Waals surface area contributed by atoms with Gasteiger partial charge in [0.05, 0.1) is 25.4 Å². The zero-order valence-corrected chi connectivity index (χ0v) is 11.3. The van der Waals surface area contributed by atoms with Crippen LogP contribution in [0.1, 0.15) is 48.7 Å². The normalized spacial score (nSPS) is 25.5. The minimum atomic E-state index is -2.74. The first kappa shape index (κ1) is 12.9. The van der Waals surface area contributed by atoms with Crippen LogP contribution in [0, 0.1) is 0 Å². The van der Waals surface area contributed by atoms with Crippen molar-refractivity contribution in [1.82, 2.24) is 15.0 Å². The molecular formula is C14H15F2N3O2. The Morgan fingerprint density at radius 2 is 2.24 bits per heavy atom. The third-order valence-corrected chi connectivity index (χ3v) is 3.99. The van der Waals surface area contributed by atoms with Crippen molar-refractivity contribution in [3.05, 3.63) is 35.9 Å². The van der Waals surface area contributed by atoms with Crippen molar-refractivity contribution in [2.45, 2.75) is 43.7 Å². The number of hydrogen-bond donors (Lipinski definition) is 0. The quantitative estimate of drug-likeness (QED) is 0.867. The van der Waals surface area contributed by atoms with Gasteiger partial charge in [0.2, 0.25) is 5.89 Å². The van der Waals surface area contributed by atoms with Gasteiger partial charge in [-0.25, -0.2) is 8.78 Å². The molecule has 1 unspecified atom stereocenters. The number of hydrogen-bond acceptors (Lipinski definition) is 5. The van der Waals surface area contributed by atoms with Crippen LogP contribution in [-0.2, 0) is 6.54 Å². The van der Waals surface area contributed by atoms with Crippen LogP contribution in [0.25, 0.3) is 0 Å². The largest absolute Gasteiger partial charge is 0.468 e. The van der Waals surface area contributed by atoms with E-state index in [0.717, 1.165) is 12.8 Å². The minimum Gasteiger partial charge on any atom is -0.468 e. The van der Waals surface area contributed by atoms with Gasteiger partial charge in [-0.2, -0.15) is 4.98 Å². The number of likely N-dealkylation sites (tertiary alicyclic amines) is 1. The molecule has 0 spiro atoms. The summed E-state index contributed by atoms with van der Waals surface area (Å²) in [5.74, 6) is -0.799. The summed E-state index contributed by atoms with van der Waals surface area (Å²) in [6, 6.07) is 2.97. The van der Waals surface area contributed by atoms with Crippen molar-refractivity contribution in [3.8, 4) is 0 Å². The average Bonchev–Trinajstić information content (AvgIpc) is 2.88. The molecule has 0 amide bonds. The molecule has 7 heteroatoms. The van der Waals surface area contributed by atoms with Crippen LogP contribution in [-0.4, -0.2) is 27.5 Å². The van der Waals surface area contributed by atoms with Gasteiger partial charge < -0.3 is 8.94 Å². The molecule has 2 aliphatic rings. The number of aromatic nitrogens is 2. The minimum absolute atomic E-state index is 0.292. The molecule has 21 heavy (non-hydrogen) atoms. The summed E-state index contributed by atoms with van der Waals surface area (Å²) in [6.07, 6.45) is 3.35. The molecule has 1 saturated heterocycles. The lowest BCUT2D eigenvalue weighted by Crippen LogP contribution is -2.26. The van der Waals surface area contributed by atoms with Gasteiger partial charge in [0.25, 0.3) is 5.92 Å². The van der Waals surface area contributed by atoms with Gasteiger partial charge in [-0.3, -0.25) is 4.90 Å². The molecule has 1 saturated carbocycles. The van der Waals surface area contributed by atoms with Gasteiger partial charge in [-0.05, 0) is 25.0 Å². The van der Waals surface area contributed by atoms with Crippen molar-refractivity contribution < 1.29 is 17.7 Å². The van der Waals surface area contributed by atoms with Gasteiger partial charge in [0.1, 0.15) is 5.76 Å². The highest BCUT2D eigenvalue weighted by Gasteiger charge is 2.48. The molecule has 1 aliphatic carbocycles. The Morgan fingerprint density at radius 3 is 2.95 bits per heavy atom. The smallest absolute Gasteiger partial charge is 0.262 e. The highest BCUT2D eigenvalue weighted by molar-refractivity contribution is 5.08. The zero-order valence-electron chi connectivity index (χ0n) is 11.3. The topological polar surface area (TPSA) is 55.3 Å². The predicted octanol–water partition coefficient (Wildman–Crippen LogP) is 3.12. The Morgan fingerprint density at radius 1 is 1.38 bits per heavy atom. The van der Waals surface area contributed by atoms with Gasteiger partial charge in [-0.15, -0.1) is 0 Å². The van der Waals surface area contributed by atoms with Crippen molar-refractivity contribution in [2.75, 3.05) is 6.54 Å². The van der Waals surface area contributed by atoms with E-state index in [2.05, 4.69) is 10.1 Å². The van der Waals surface area contributed by atoms with E-state index in [1.165, 1.54) is 6.26 Å². The van der Waals surface area contributed by atoms with Gasteiger partial charge in [0.15, 0.2) is 5.82 Å². The second kappa shape index (κ2) is 4.62. The number of rotatable bonds is 4. The van der Waals surface area contributed by atoms with Crippen LogP contribution in [0.15, 0.2) is 27.3 Å². The highest BCUT2D eigenvalue weighted by Crippen LogP contribution is 2.43. The molecule has 2 aromatic rings. The Kier molecular flexibility index (Phi) is 2.85. The summed E-state index contributed by atoms with van der Waals surface area (Å²) in [7, 11) is 0. The van der Waals surface area contributed by atoms with E-state index in [1.807, 2.05) is 0 Å². The van der Waals surface area contributed by atoms with Crippen LogP contribution in [0.5, 0.6) is 0 Å². The van der Waals surface area contributed by atoms with E-state index in [0.29, 0.717) is 29.9 Å². The first-order valence-corrected chi connectivity index (χ1v) is 7.08. The fraction of sp³-hybridized carbons (Fsp3) is 0.571. The molecular weight excluding hydrogens is 280 g/mol. The maximum absolute atomic E-state index is 13.8. The molecule has 0 aromatic carbocycles. The molecule has 5 nitrogen and oxygen atoms in total. The van der Waals surface area contributed by atoms with E-state index in [9.17, 15) is 8.78 Å². The molecule has 112 valence electrons. The molecule has 0 bridgehead atoms. The Bertz CT molecular complexity index is 622. The first-order chi connectivity index (χ1) is 10.1. The fourth-order valence-corrected chi connectivity index (χ4v) is 2.79. The van der Waals surface area contributed by atoms with Crippen LogP contribution in [0.2, 0.25) is 0 Å². The molecule has 4 rings (SSSR count). The lowest BCUT2D eigenvalue weighted by molar-refractivity contribution is 0.0108. The van der Waals surface area contributed by atoms with E-state index >= 15 is 0 Å². The predicted molar refractivity (Wildman–Crippen MR) is 67.7 cm³/mol. The number of nitrogens with zero attached hydrogens (tertiary/aromatic N) is 3. The van der Waals surface area contributed by atoms with E-state index < -0.39 is 12.0 Å². The van der Waals surface area contributed by atoms with Crippen molar-refractivity contribution in [2.24, 2.45) is 0 Å². The third kappa shape index (κ3) is 2.57. The van der Waals surface area contributed by atoms with Gasteiger partial charge in [-0.1, -0.05) is 5.16 Å². The lowest BCUT2D eigenvalue weighted by atomic mass is 10.2. The van der Waals surface area contributed by atoms with Crippen molar-refractivity contribution >= 4 is 0 Å². The zero-order chi connectivity index (χ0) is 14.4. The summed E-state index contributed by atoms with van der Waals surface area (Å²) in [5, 5.41) is 3.92. The fourth-order valence-electron chi connectivity index (χ4n) is 2.79. The standard InChI is InChI=1S/C14H15F2N3O2/c15-14(16)6-11(13-17-12(18-21-13)9-3-4-9)19(8-14)7-10-2-1-5-20-10/h1-2,5,9,11H,3-4,6-8H2. The number of furan rings is 1. The summed E-state index contributed by atoms with van der Waals surface area (Å²) < 4.78 is 38.0. The van der Waals surface area contributed by atoms with Crippen LogP contribution >= 0.6 is 0 Å². The Hall–Kier alpha value is -1.76. The van der Waals surface area contributed by atoms with Crippen LogP contribution < -0.4 is 0 Å². The van der Waals surface area contributed by atoms with Gasteiger partial charge >= 0.3 is 0 Å². The van der Waals surface area contributed by atoms with Crippen molar-refractivity contribution in [3.63, 3.8) is 0 Å². The maximum Gasteiger partial charge on any atom is 0.262 e. The molecule has 2 aromatic heterocycles. The summed E-state index contributed by atoms with van der Waals surface area (Å²) in [5.41, 5.74) is 0. The summed E-state index contributed by atoms with van der Waals surface area (Å²) in [4.78, 5) is 5.96. The average molecular weight is 295 g/mol. The van der Waals surface area contributed by atoms with Gasteiger partial charge in [0, 0.05) is 12.3 Å². The monoisotopic (exact) mass is 295 g/mol. The van der Waals surface area contributed by atoms with Crippen molar-refractivity contribution in [1.29, 1.82) is 0 Å². The second-order valence-corrected chi connectivity index (χ2v) is 5.83. The molecule has 1 atom stereocenters. The summed E-state index contributed by atoms with van der Waals surface area (Å²) in [6.45, 7) is -0.00604. The van der Waals surface area contributed by atoms with Crippen LogP contribution in [0.3, 0.4) is 0 Å². The molecule has 3 heterocycles. The molecule has 2 fully saturated rings. The SMILES string of the molecule is FC1(F)CC(c2nc(C3CC3)no2)N(Cc2ccco2)C1. The van der Waals surface area contributed by atoms with E-state index in [-0.39, 0.29) is 13.0 Å². The Balaban J connectivity index is 1.57. The lowest BCUT2D eigenvalue weighted by Gasteiger charge is -2.19. The first-order valence-electron chi connectivity index (χ1n) is 7.08. The second-order valence-electron chi connectivity index (χ2n) is 5.83. The van der Waals surface area contributed by atoms with E-state index in [1.54, 1.807) is 17.0 Å². The maximum atomic E-state index is 13.8. The van der Waals surface area contributed by atoms with Crippen LogP contribution in [0.4, 0.5) is 8.78 Å². The Labute approximate surface area is 119 Å². The molecule has 0 radical (unpaired) electrons. The number of alkyl halides is 2. The third-order valence-electron chi connectivity index (χ3n) is 3.99.